The molecule has 0 spiro atoms. The van der Waals surface area contributed by atoms with E-state index in [1.165, 1.54) is 6.07 Å². The van der Waals surface area contributed by atoms with Crippen molar-refractivity contribution in [1.29, 1.82) is 0 Å². The first-order chi connectivity index (χ1) is 15.1. The molecule has 0 saturated carbocycles. The molecule has 1 atom stereocenters. The molecule has 2 aromatic carbocycles. The van der Waals surface area contributed by atoms with E-state index < -0.39 is 5.82 Å². The Hall–Kier alpha value is -3.61. The molecule has 7 heteroatoms. The van der Waals surface area contributed by atoms with Crippen molar-refractivity contribution in [3.63, 3.8) is 0 Å². The summed E-state index contributed by atoms with van der Waals surface area (Å²) in [5, 5.41) is 2.87. The summed E-state index contributed by atoms with van der Waals surface area (Å²) < 4.78 is 30.8. The van der Waals surface area contributed by atoms with Crippen LogP contribution in [0.15, 0.2) is 54.9 Å². The quantitative estimate of drug-likeness (QED) is 0.631. The third-order valence-corrected chi connectivity index (χ3v) is 5.19. The number of methoxy groups -OCH3 is 2. The Morgan fingerprint density at radius 2 is 2.00 bits per heavy atom. The minimum Gasteiger partial charge on any atom is -0.493 e. The van der Waals surface area contributed by atoms with Gasteiger partial charge in [-0.2, -0.15) is 0 Å². The van der Waals surface area contributed by atoms with Crippen LogP contribution < -0.4 is 19.5 Å². The second kappa shape index (κ2) is 9.04. The molecule has 2 heterocycles. The average Bonchev–Trinajstić information content (AvgIpc) is 3.22. The van der Waals surface area contributed by atoms with Crippen molar-refractivity contribution >= 4 is 5.91 Å². The van der Waals surface area contributed by atoms with Gasteiger partial charge in [0.25, 0.3) is 0 Å². The largest absolute Gasteiger partial charge is 0.493 e. The molecule has 0 bridgehead atoms. The maximum atomic E-state index is 14.6. The molecule has 0 radical (unpaired) electrons. The molecule has 1 amide bonds. The van der Waals surface area contributed by atoms with Crippen molar-refractivity contribution in [2.75, 3.05) is 20.8 Å². The Morgan fingerprint density at radius 3 is 2.74 bits per heavy atom. The van der Waals surface area contributed by atoms with Gasteiger partial charge in [0, 0.05) is 29.9 Å². The van der Waals surface area contributed by atoms with Crippen LogP contribution in [0.25, 0.3) is 11.1 Å². The molecule has 1 aliphatic heterocycles. The number of fused-ring (bicyclic) bond motifs is 1. The zero-order valence-electron chi connectivity index (χ0n) is 17.4. The van der Waals surface area contributed by atoms with Gasteiger partial charge in [0.05, 0.1) is 27.2 Å². The van der Waals surface area contributed by atoms with Crippen LogP contribution in [0.4, 0.5) is 4.39 Å². The summed E-state index contributed by atoms with van der Waals surface area (Å²) in [6.07, 6.45) is 3.78. The second-order valence-corrected chi connectivity index (χ2v) is 7.30. The molecule has 1 unspecified atom stereocenters. The van der Waals surface area contributed by atoms with E-state index in [2.05, 4.69) is 10.3 Å². The summed E-state index contributed by atoms with van der Waals surface area (Å²) in [6, 6.07) is 12.4. The Balaban J connectivity index is 1.36. The summed E-state index contributed by atoms with van der Waals surface area (Å²) in [5.74, 6) is 0.879. The summed E-state index contributed by atoms with van der Waals surface area (Å²) in [6.45, 7) is 0.294. The van der Waals surface area contributed by atoms with Crippen molar-refractivity contribution in [3.05, 3.63) is 71.8 Å². The van der Waals surface area contributed by atoms with Crippen LogP contribution in [-0.4, -0.2) is 37.8 Å². The van der Waals surface area contributed by atoms with Gasteiger partial charge in [-0.25, -0.2) is 4.39 Å². The topological polar surface area (TPSA) is 69.7 Å². The maximum Gasteiger partial charge on any atom is 0.224 e. The van der Waals surface area contributed by atoms with Gasteiger partial charge in [-0.05, 0) is 41.5 Å². The van der Waals surface area contributed by atoms with Crippen LogP contribution >= 0.6 is 0 Å². The second-order valence-electron chi connectivity index (χ2n) is 7.30. The van der Waals surface area contributed by atoms with Gasteiger partial charge < -0.3 is 19.5 Å². The standard InChI is InChI=1S/C24H23FN2O4/c1-29-21-6-5-15(8-22(21)30-2)9-23(28)27-14-19-11-18-10-17(12-20(25)24(18)31-19)16-4-3-7-26-13-16/h3-8,10,12-13,19H,9,11,14H2,1-2H3,(H,27,28). The van der Waals surface area contributed by atoms with Gasteiger partial charge in [0.2, 0.25) is 5.91 Å². The third-order valence-electron chi connectivity index (χ3n) is 5.19. The van der Waals surface area contributed by atoms with Gasteiger partial charge in [0.15, 0.2) is 23.1 Å². The number of benzene rings is 2. The zero-order valence-corrected chi connectivity index (χ0v) is 17.4. The Morgan fingerprint density at radius 1 is 1.16 bits per heavy atom. The number of carbonyl (C=O) groups is 1. The minimum atomic E-state index is -0.407. The lowest BCUT2D eigenvalue weighted by atomic mass is 10.0. The van der Waals surface area contributed by atoms with Crippen molar-refractivity contribution in [2.24, 2.45) is 0 Å². The highest BCUT2D eigenvalue weighted by Gasteiger charge is 2.27. The fourth-order valence-electron chi connectivity index (χ4n) is 3.67. The SMILES string of the molecule is COc1ccc(CC(=O)NCC2Cc3cc(-c4cccnc4)cc(F)c3O2)cc1OC. The summed E-state index contributed by atoms with van der Waals surface area (Å²) in [5.41, 5.74) is 3.19. The van der Waals surface area contributed by atoms with Crippen molar-refractivity contribution in [1.82, 2.24) is 10.3 Å². The van der Waals surface area contributed by atoms with Gasteiger partial charge in [0.1, 0.15) is 6.10 Å². The molecule has 1 aromatic heterocycles. The Kier molecular flexibility index (Phi) is 6.02. The highest BCUT2D eigenvalue weighted by Crippen LogP contribution is 2.35. The maximum absolute atomic E-state index is 14.6. The zero-order chi connectivity index (χ0) is 21.8. The van der Waals surface area contributed by atoms with E-state index in [-0.39, 0.29) is 24.2 Å². The molecular weight excluding hydrogens is 399 g/mol. The normalized spacial score (nSPS) is 14.5. The van der Waals surface area contributed by atoms with Crippen molar-refractivity contribution in [3.8, 4) is 28.4 Å². The first kappa shape index (κ1) is 20.7. The number of ether oxygens (including phenoxy) is 3. The van der Waals surface area contributed by atoms with E-state index in [1.54, 1.807) is 38.7 Å². The molecule has 6 nitrogen and oxygen atoms in total. The van der Waals surface area contributed by atoms with Crippen molar-refractivity contribution in [2.45, 2.75) is 18.9 Å². The van der Waals surface area contributed by atoms with Crippen LogP contribution in [-0.2, 0) is 17.6 Å². The van der Waals surface area contributed by atoms with E-state index in [4.69, 9.17) is 14.2 Å². The first-order valence-corrected chi connectivity index (χ1v) is 9.94. The lowest BCUT2D eigenvalue weighted by molar-refractivity contribution is -0.120. The number of amides is 1. The molecule has 1 N–H and O–H groups in total. The van der Waals surface area contributed by atoms with Crippen LogP contribution in [0.2, 0.25) is 0 Å². The molecule has 3 aromatic rings. The number of pyridine rings is 1. The number of aromatic nitrogens is 1. The molecular formula is C24H23FN2O4. The summed E-state index contributed by atoms with van der Waals surface area (Å²) >= 11 is 0. The van der Waals surface area contributed by atoms with E-state index in [1.807, 2.05) is 24.3 Å². The van der Waals surface area contributed by atoms with Crippen LogP contribution in [0.5, 0.6) is 17.2 Å². The first-order valence-electron chi connectivity index (χ1n) is 9.94. The van der Waals surface area contributed by atoms with Gasteiger partial charge in [-0.15, -0.1) is 0 Å². The van der Waals surface area contributed by atoms with E-state index in [0.29, 0.717) is 24.5 Å². The number of rotatable bonds is 7. The van der Waals surface area contributed by atoms with E-state index in [9.17, 15) is 9.18 Å². The molecule has 4 rings (SSSR count). The summed E-state index contributed by atoms with van der Waals surface area (Å²) in [4.78, 5) is 16.5. The predicted octanol–water partition coefficient (Wildman–Crippen LogP) is 3.57. The van der Waals surface area contributed by atoms with Crippen molar-refractivity contribution < 1.29 is 23.4 Å². The molecule has 1 aliphatic rings. The monoisotopic (exact) mass is 422 g/mol. The number of carbonyl (C=O) groups excluding carboxylic acids is 1. The lowest BCUT2D eigenvalue weighted by Crippen LogP contribution is -2.35. The fourth-order valence-corrected chi connectivity index (χ4v) is 3.67. The number of hydrogen-bond acceptors (Lipinski definition) is 5. The number of halogens is 1. The van der Waals surface area contributed by atoms with Gasteiger partial charge >= 0.3 is 0 Å². The molecule has 160 valence electrons. The molecule has 0 fully saturated rings. The van der Waals surface area contributed by atoms with Crippen LogP contribution in [0.1, 0.15) is 11.1 Å². The lowest BCUT2D eigenvalue weighted by Gasteiger charge is -2.13. The Labute approximate surface area is 180 Å². The fraction of sp³-hybridized carbons (Fsp3) is 0.250. The third kappa shape index (κ3) is 4.60. The average molecular weight is 422 g/mol. The van der Waals surface area contributed by atoms with Crippen LogP contribution in [0.3, 0.4) is 0 Å². The van der Waals surface area contributed by atoms with Gasteiger partial charge in [-0.3, -0.25) is 9.78 Å². The highest BCUT2D eigenvalue weighted by molar-refractivity contribution is 5.78. The molecule has 0 aliphatic carbocycles. The predicted molar refractivity (Wildman–Crippen MR) is 114 cm³/mol. The molecule has 0 saturated heterocycles. The minimum absolute atomic E-state index is 0.150. The van der Waals surface area contributed by atoms with E-state index in [0.717, 1.165) is 22.3 Å². The highest BCUT2D eigenvalue weighted by atomic mass is 19.1. The smallest absolute Gasteiger partial charge is 0.224 e. The summed E-state index contributed by atoms with van der Waals surface area (Å²) in [7, 11) is 3.11. The number of nitrogens with one attached hydrogen (secondary N) is 1. The number of nitrogens with zero attached hydrogens (tertiary/aromatic N) is 1. The number of hydrogen-bond donors (Lipinski definition) is 1. The molecule has 31 heavy (non-hydrogen) atoms. The van der Waals surface area contributed by atoms with Gasteiger partial charge in [-0.1, -0.05) is 12.1 Å². The van der Waals surface area contributed by atoms with E-state index >= 15 is 0 Å². The van der Waals surface area contributed by atoms with Crippen LogP contribution in [0, 0.1) is 5.82 Å². The Bertz CT molecular complexity index is 1090.